The Morgan fingerprint density at radius 2 is 2.08 bits per heavy atom. The molecule has 0 aliphatic carbocycles. The zero-order chi connectivity index (χ0) is 17.6. The van der Waals surface area contributed by atoms with E-state index in [1.54, 1.807) is 18.1 Å². The first-order valence-corrected chi connectivity index (χ1v) is 8.84. The lowest BCUT2D eigenvalue weighted by Gasteiger charge is -2.41. The third-order valence-corrected chi connectivity index (χ3v) is 5.36. The summed E-state index contributed by atoms with van der Waals surface area (Å²) in [4.78, 5) is 23.4. The Labute approximate surface area is 146 Å². The summed E-state index contributed by atoms with van der Waals surface area (Å²) in [6, 6.07) is 1.27. The average molecular weight is 344 g/mol. The zero-order valence-electron chi connectivity index (χ0n) is 14.8. The highest BCUT2D eigenvalue weighted by Crippen LogP contribution is 2.40. The van der Waals surface area contributed by atoms with E-state index in [1.165, 1.54) is 0 Å². The van der Waals surface area contributed by atoms with E-state index in [-0.39, 0.29) is 23.8 Å². The van der Waals surface area contributed by atoms with Crippen LogP contribution in [0.4, 0.5) is 0 Å². The molecule has 4 heterocycles. The second-order valence-corrected chi connectivity index (χ2v) is 7.17. The van der Waals surface area contributed by atoms with E-state index in [9.17, 15) is 4.79 Å². The molecule has 2 bridgehead atoms. The molecule has 0 radical (unpaired) electrons. The van der Waals surface area contributed by atoms with Crippen LogP contribution in [-0.2, 0) is 7.05 Å². The quantitative estimate of drug-likeness (QED) is 0.847. The summed E-state index contributed by atoms with van der Waals surface area (Å²) in [5.74, 6) is 1.76. The Morgan fingerprint density at radius 1 is 1.36 bits per heavy atom. The minimum atomic E-state index is -0.184. The maximum atomic E-state index is 12.3. The van der Waals surface area contributed by atoms with Gasteiger partial charge < -0.3 is 5.32 Å². The minimum Gasteiger partial charge on any atom is -0.346 e. The summed E-state index contributed by atoms with van der Waals surface area (Å²) in [6.45, 7) is 4.09. The van der Waals surface area contributed by atoms with Crippen molar-refractivity contribution in [3.8, 4) is 0 Å². The van der Waals surface area contributed by atoms with Crippen LogP contribution in [-0.4, -0.2) is 58.9 Å². The number of aromatic nitrogens is 6. The summed E-state index contributed by atoms with van der Waals surface area (Å²) in [5.41, 5.74) is 0. The number of hydrogen-bond donors (Lipinski definition) is 2. The lowest BCUT2D eigenvalue weighted by molar-refractivity contribution is 0.0662. The molecular formula is C16H24N8O. The SMILES string of the molecule is Cc1nc(C(C)N2C3CCC2CC(NC(=O)c2ncn(C)n2)C3)n[nH]1. The number of H-pyrrole nitrogens is 1. The van der Waals surface area contributed by atoms with E-state index in [1.807, 2.05) is 6.92 Å². The predicted molar refractivity (Wildman–Crippen MR) is 89.7 cm³/mol. The van der Waals surface area contributed by atoms with Crippen molar-refractivity contribution in [2.24, 2.45) is 7.05 Å². The first-order valence-electron chi connectivity index (χ1n) is 8.84. The summed E-state index contributed by atoms with van der Waals surface area (Å²) < 4.78 is 1.54. The van der Waals surface area contributed by atoms with Crippen LogP contribution in [0.5, 0.6) is 0 Å². The van der Waals surface area contributed by atoms with Crippen LogP contribution in [0.3, 0.4) is 0 Å². The maximum absolute atomic E-state index is 12.3. The van der Waals surface area contributed by atoms with Gasteiger partial charge in [0.2, 0.25) is 5.82 Å². The number of amides is 1. The third kappa shape index (κ3) is 3.04. The Balaban J connectivity index is 1.42. The van der Waals surface area contributed by atoms with Crippen molar-refractivity contribution in [1.82, 2.24) is 40.2 Å². The molecule has 2 aliphatic heterocycles. The lowest BCUT2D eigenvalue weighted by atomic mass is 9.95. The van der Waals surface area contributed by atoms with Crippen LogP contribution in [0.25, 0.3) is 0 Å². The molecule has 25 heavy (non-hydrogen) atoms. The molecule has 9 heteroatoms. The molecule has 2 aliphatic rings. The molecule has 2 N–H and O–H groups in total. The monoisotopic (exact) mass is 344 g/mol. The third-order valence-electron chi connectivity index (χ3n) is 5.36. The van der Waals surface area contributed by atoms with E-state index < -0.39 is 0 Å². The molecule has 0 spiro atoms. The van der Waals surface area contributed by atoms with Gasteiger partial charge in [0.05, 0.1) is 6.04 Å². The first kappa shape index (κ1) is 16.2. The normalized spacial score (nSPS) is 27.4. The number of carbonyl (C=O) groups is 1. The van der Waals surface area contributed by atoms with Gasteiger partial charge in [0.1, 0.15) is 12.2 Å². The lowest BCUT2D eigenvalue weighted by Crippen LogP contribution is -2.51. The maximum Gasteiger partial charge on any atom is 0.291 e. The van der Waals surface area contributed by atoms with Crippen LogP contribution in [0.1, 0.15) is 60.9 Å². The molecule has 2 aromatic heterocycles. The van der Waals surface area contributed by atoms with Crippen molar-refractivity contribution in [2.45, 2.75) is 63.7 Å². The molecule has 2 saturated heterocycles. The standard InChI is InChI=1S/C16H24N8O/c1-9(14-18-10(2)20-21-14)24-12-4-5-13(24)7-11(6-12)19-16(25)15-17-8-23(3)22-15/h8-9,11-13H,4-7H2,1-3H3,(H,19,25)(H,18,20,21). The van der Waals surface area contributed by atoms with Gasteiger partial charge in [-0.05, 0) is 39.5 Å². The number of piperidine rings is 1. The van der Waals surface area contributed by atoms with E-state index in [0.717, 1.165) is 37.3 Å². The molecule has 4 rings (SSSR count). The van der Waals surface area contributed by atoms with Gasteiger partial charge >= 0.3 is 0 Å². The number of carbonyl (C=O) groups excluding carboxylic acids is 1. The van der Waals surface area contributed by atoms with Gasteiger partial charge in [-0.1, -0.05) is 0 Å². The van der Waals surface area contributed by atoms with Gasteiger partial charge in [-0.2, -0.15) is 5.10 Å². The molecule has 9 nitrogen and oxygen atoms in total. The van der Waals surface area contributed by atoms with Gasteiger partial charge in [-0.25, -0.2) is 9.97 Å². The molecule has 0 aromatic carbocycles. The topological polar surface area (TPSA) is 105 Å². The van der Waals surface area contributed by atoms with Gasteiger partial charge in [0.15, 0.2) is 5.82 Å². The molecule has 3 unspecified atom stereocenters. The summed E-state index contributed by atoms with van der Waals surface area (Å²) in [6.07, 6.45) is 5.76. The predicted octanol–water partition coefficient (Wildman–Crippen LogP) is 0.728. The fraction of sp³-hybridized carbons (Fsp3) is 0.688. The number of aryl methyl sites for hydroxylation is 2. The van der Waals surface area contributed by atoms with Crippen molar-refractivity contribution in [1.29, 1.82) is 0 Å². The number of nitrogens with one attached hydrogen (secondary N) is 2. The Bertz CT molecular complexity index is 754. The van der Waals surface area contributed by atoms with Crippen molar-refractivity contribution in [3.05, 3.63) is 23.8 Å². The second kappa shape index (κ2) is 6.21. The summed E-state index contributed by atoms with van der Waals surface area (Å²) in [7, 11) is 1.76. The van der Waals surface area contributed by atoms with Crippen molar-refractivity contribution in [3.63, 3.8) is 0 Å². The molecule has 1 amide bonds. The van der Waals surface area contributed by atoms with Crippen molar-refractivity contribution in [2.75, 3.05) is 0 Å². The van der Waals surface area contributed by atoms with Crippen LogP contribution in [0, 0.1) is 6.92 Å². The van der Waals surface area contributed by atoms with E-state index in [2.05, 4.69) is 42.4 Å². The number of nitrogens with zero attached hydrogens (tertiary/aromatic N) is 6. The minimum absolute atomic E-state index is 0.172. The zero-order valence-corrected chi connectivity index (χ0v) is 14.8. The molecule has 2 fully saturated rings. The van der Waals surface area contributed by atoms with Crippen LogP contribution < -0.4 is 5.32 Å². The molecular weight excluding hydrogens is 320 g/mol. The second-order valence-electron chi connectivity index (χ2n) is 7.17. The van der Waals surface area contributed by atoms with Crippen molar-refractivity contribution < 1.29 is 4.79 Å². The van der Waals surface area contributed by atoms with Crippen LogP contribution in [0.2, 0.25) is 0 Å². The van der Waals surface area contributed by atoms with Crippen LogP contribution in [0.15, 0.2) is 6.33 Å². The van der Waals surface area contributed by atoms with E-state index in [4.69, 9.17) is 0 Å². The first-order chi connectivity index (χ1) is 12.0. The highest BCUT2D eigenvalue weighted by Gasteiger charge is 2.44. The molecule has 3 atom stereocenters. The molecule has 134 valence electrons. The van der Waals surface area contributed by atoms with Gasteiger partial charge in [-0.3, -0.25) is 19.5 Å². The number of fused-ring (bicyclic) bond motifs is 2. The van der Waals surface area contributed by atoms with Gasteiger partial charge in [-0.15, -0.1) is 5.10 Å². The van der Waals surface area contributed by atoms with Crippen LogP contribution >= 0.6 is 0 Å². The Morgan fingerprint density at radius 3 is 2.64 bits per heavy atom. The Kier molecular flexibility index (Phi) is 4.03. The average Bonchev–Trinajstić information content (AvgIpc) is 3.26. The Hall–Kier alpha value is -2.29. The van der Waals surface area contributed by atoms with Gasteiger partial charge in [0.25, 0.3) is 5.91 Å². The summed E-state index contributed by atoms with van der Waals surface area (Å²) >= 11 is 0. The van der Waals surface area contributed by atoms with E-state index >= 15 is 0 Å². The number of rotatable bonds is 4. The fourth-order valence-corrected chi connectivity index (χ4v) is 4.34. The smallest absolute Gasteiger partial charge is 0.291 e. The highest BCUT2D eigenvalue weighted by atomic mass is 16.2. The van der Waals surface area contributed by atoms with E-state index in [0.29, 0.717) is 12.1 Å². The number of aromatic amines is 1. The molecule has 0 saturated carbocycles. The van der Waals surface area contributed by atoms with Crippen molar-refractivity contribution >= 4 is 5.91 Å². The fourth-order valence-electron chi connectivity index (χ4n) is 4.34. The van der Waals surface area contributed by atoms with Gasteiger partial charge in [0, 0.05) is 25.2 Å². The summed E-state index contributed by atoms with van der Waals surface area (Å²) in [5, 5.41) is 14.5. The molecule has 2 aromatic rings. The largest absolute Gasteiger partial charge is 0.346 e. The number of hydrogen-bond acceptors (Lipinski definition) is 6. The highest BCUT2D eigenvalue weighted by molar-refractivity contribution is 5.90.